The van der Waals surface area contributed by atoms with E-state index in [0.29, 0.717) is 43.2 Å². The molecule has 25 nitrogen and oxygen atoms in total. The number of hydrogen-bond donors (Lipinski definition) is 10. The standard InChI is InChI=1S/C64H68N11O14P/c65-54(76)24-22-50(59(81)72-57(40-13-6-3-7-14-40)41-15-8-4-9-16-41)70-61(83)53-23-20-48-26-29-73(37-52(62(84)75(48)53)71-60(82)51-34-45-32-42(18-21-49(45)69-51)63(85)90(87,88)89)64(86)67-28-10-2-1-5-12-39-30-44(43-17-11-27-66-35-43)33-46(31-39)58(80)68-47-19-25-55(77)74(36-47)38-56(78)79/h3-4,6-9,11,13-19,21,25,27,30-36,48,50,52-53,57,69H,1-2,5,10,12,20,22-24,26,28-29,37-38H2,(H2,65,76)(H,67,86)(H,68,80)(H,70,83)(H,71,82)(H,72,81)(H,78,79)(H2,87,88,89)/t48-,50+,52+,53+/m1/s1. The van der Waals surface area contributed by atoms with Crippen molar-refractivity contribution in [3.63, 3.8) is 0 Å². The largest absolute Gasteiger partial charge is 0.480 e. The second-order valence-electron chi connectivity index (χ2n) is 22.2. The topological polar surface area (TPSA) is 375 Å². The van der Waals surface area contributed by atoms with E-state index in [-0.39, 0.29) is 67.6 Å². The van der Waals surface area contributed by atoms with Crippen LogP contribution in [0.4, 0.5) is 10.5 Å². The molecule has 2 fully saturated rings. The fourth-order valence-electron chi connectivity index (χ4n) is 11.3. The zero-order valence-electron chi connectivity index (χ0n) is 48.8. The van der Waals surface area contributed by atoms with Gasteiger partial charge in [-0.05, 0) is 116 Å². The highest BCUT2D eigenvalue weighted by atomic mass is 31.2. The molecule has 0 saturated carbocycles. The lowest BCUT2D eigenvalue weighted by atomic mass is 9.97. The number of carboxylic acids is 1. The quantitative estimate of drug-likeness (QED) is 0.0254. The molecule has 2 saturated heterocycles. The van der Waals surface area contributed by atoms with Crippen molar-refractivity contribution in [2.75, 3.05) is 25.0 Å². The molecule has 9 rings (SSSR count). The molecule has 4 aromatic carbocycles. The van der Waals surface area contributed by atoms with Crippen molar-refractivity contribution in [3.05, 3.63) is 190 Å². The number of anilines is 1. The number of nitrogens with zero attached hydrogens (tertiary/aromatic N) is 4. The Labute approximate surface area is 516 Å². The number of nitrogens with one attached hydrogen (secondary N) is 6. The van der Waals surface area contributed by atoms with E-state index >= 15 is 4.79 Å². The Balaban J connectivity index is 0.869. The van der Waals surface area contributed by atoms with Crippen LogP contribution in [0, 0.1) is 0 Å². The fraction of sp³-hybridized carbons (Fsp3) is 0.297. The first-order valence-electron chi connectivity index (χ1n) is 29.3. The monoisotopic (exact) mass is 1250 g/mol. The molecule has 2 aliphatic heterocycles. The molecular formula is C64H68N11O14P. The van der Waals surface area contributed by atoms with E-state index in [4.69, 9.17) is 5.73 Å². The van der Waals surface area contributed by atoms with Crippen LogP contribution in [0.5, 0.6) is 0 Å². The number of aromatic amines is 1. The molecule has 0 bridgehead atoms. The van der Waals surface area contributed by atoms with Crippen LogP contribution in [0.3, 0.4) is 0 Å². The van der Waals surface area contributed by atoms with Crippen molar-refractivity contribution in [1.29, 1.82) is 0 Å². The highest BCUT2D eigenvalue weighted by Crippen LogP contribution is 2.40. The number of unbranched alkanes of at least 4 members (excludes halogenated alkanes) is 3. The SMILES string of the molecule is NC(=O)CC[C@H](NC(=O)[C@@H]1CC[C@@H]2CCN(C(=O)NCCCCCCc3cc(C(=O)Nc4ccc(=O)n(CC(=O)O)c4)cc(-c4cccnc4)c3)C[C@H](NC(=O)c3cc4cc(C(=O)P(=O)(O)O)ccc4[nH]3)C(=O)N21)C(=O)NC(c1ccccc1)c1ccccc1. The third kappa shape index (κ3) is 16.5. The van der Waals surface area contributed by atoms with Crippen molar-refractivity contribution in [2.24, 2.45) is 5.73 Å². The van der Waals surface area contributed by atoms with E-state index in [1.165, 1.54) is 52.4 Å². The number of urea groups is 1. The summed E-state index contributed by atoms with van der Waals surface area (Å²) < 4.78 is 12.8. The Kier molecular flexibility index (Phi) is 20.9. The molecule has 3 aromatic heterocycles. The summed E-state index contributed by atoms with van der Waals surface area (Å²) in [5.74, 6) is -5.20. The van der Waals surface area contributed by atoms with E-state index in [9.17, 15) is 62.6 Å². The maximum atomic E-state index is 15.1. The van der Waals surface area contributed by atoms with Gasteiger partial charge in [0.1, 0.15) is 30.4 Å². The second kappa shape index (κ2) is 29.3. The maximum Gasteiger partial charge on any atom is 0.396 e. The van der Waals surface area contributed by atoms with E-state index in [2.05, 4.69) is 36.6 Å². The Morgan fingerprint density at radius 1 is 0.756 bits per heavy atom. The third-order valence-corrected chi connectivity index (χ3v) is 16.6. The van der Waals surface area contributed by atoms with Crippen LogP contribution in [-0.4, -0.2) is 136 Å². The third-order valence-electron chi connectivity index (χ3n) is 15.8. The van der Waals surface area contributed by atoms with E-state index in [0.717, 1.165) is 38.8 Å². The summed E-state index contributed by atoms with van der Waals surface area (Å²) in [6, 6.07) is 29.5. The smallest absolute Gasteiger partial charge is 0.396 e. The Bertz CT molecular complexity index is 3890. The number of hydrogen-bond acceptors (Lipinski definition) is 12. The Morgan fingerprint density at radius 2 is 1.49 bits per heavy atom. The van der Waals surface area contributed by atoms with Gasteiger partial charge in [0.05, 0.1) is 18.3 Å². The first-order chi connectivity index (χ1) is 43.2. The van der Waals surface area contributed by atoms with Crippen LogP contribution in [0.15, 0.2) is 151 Å². The fourth-order valence-corrected chi connectivity index (χ4v) is 11.8. The molecule has 468 valence electrons. The summed E-state index contributed by atoms with van der Waals surface area (Å²) >= 11 is 0. The van der Waals surface area contributed by atoms with Crippen molar-refractivity contribution in [2.45, 2.75) is 101 Å². The number of pyridine rings is 2. The van der Waals surface area contributed by atoms with Crippen molar-refractivity contribution >= 4 is 77.2 Å². The summed E-state index contributed by atoms with van der Waals surface area (Å²) in [6.07, 6.45) is 8.19. The number of aliphatic carboxylic acids is 1. The number of primary amides is 1. The predicted molar refractivity (Wildman–Crippen MR) is 331 cm³/mol. The molecule has 90 heavy (non-hydrogen) atoms. The van der Waals surface area contributed by atoms with Gasteiger partial charge in [0, 0.05) is 77.8 Å². The first kappa shape index (κ1) is 64.4. The van der Waals surface area contributed by atoms with Crippen molar-refractivity contribution in [1.82, 2.24) is 45.6 Å². The van der Waals surface area contributed by atoms with Gasteiger partial charge in [0.25, 0.3) is 22.9 Å². The molecule has 7 aromatic rings. The number of H-pyrrole nitrogens is 1. The van der Waals surface area contributed by atoms with Gasteiger partial charge in [-0.2, -0.15) is 0 Å². The molecule has 0 radical (unpaired) electrons. The van der Waals surface area contributed by atoms with Crippen LogP contribution in [0.25, 0.3) is 22.0 Å². The lowest BCUT2D eigenvalue weighted by Crippen LogP contribution is -2.62. The summed E-state index contributed by atoms with van der Waals surface area (Å²) in [5, 5.41) is 23.8. The molecule has 0 unspecified atom stereocenters. The van der Waals surface area contributed by atoms with E-state index < -0.39 is 103 Å². The maximum absolute atomic E-state index is 15.1. The van der Waals surface area contributed by atoms with Gasteiger partial charge in [-0.1, -0.05) is 85.6 Å². The first-order valence-corrected chi connectivity index (χ1v) is 31.0. The molecule has 0 spiro atoms. The number of carbonyl (C=O) groups excluding carboxylic acids is 8. The number of amides is 8. The lowest BCUT2D eigenvalue weighted by molar-refractivity contribution is -0.143. The zero-order valence-corrected chi connectivity index (χ0v) is 49.7. The normalized spacial score (nSPS) is 16.1. The lowest BCUT2D eigenvalue weighted by Gasteiger charge is -2.39. The average molecular weight is 1250 g/mol. The molecule has 26 heteroatoms. The molecule has 2 aliphatic rings. The van der Waals surface area contributed by atoms with Crippen LogP contribution < -0.4 is 37.9 Å². The highest BCUT2D eigenvalue weighted by Gasteiger charge is 2.46. The summed E-state index contributed by atoms with van der Waals surface area (Å²) in [6.45, 7) is -0.564. The Hall–Kier alpha value is -10.1. The van der Waals surface area contributed by atoms with Gasteiger partial charge in [-0.3, -0.25) is 52.7 Å². The summed E-state index contributed by atoms with van der Waals surface area (Å²) in [7, 11) is -5.15. The van der Waals surface area contributed by atoms with Gasteiger partial charge in [0.2, 0.25) is 23.6 Å². The van der Waals surface area contributed by atoms with Gasteiger partial charge < -0.3 is 66.6 Å². The Morgan fingerprint density at radius 3 is 2.18 bits per heavy atom. The number of nitrogens with two attached hydrogens (primary N) is 1. The summed E-state index contributed by atoms with van der Waals surface area (Å²) in [5.41, 5.74) is 7.99. The zero-order chi connectivity index (χ0) is 64.1. The number of carboxylic acid groups (broad SMARTS) is 1. The number of carbonyl (C=O) groups is 9. The van der Waals surface area contributed by atoms with Crippen molar-refractivity contribution in [3.8, 4) is 11.1 Å². The second-order valence-corrected chi connectivity index (χ2v) is 23.7. The van der Waals surface area contributed by atoms with Gasteiger partial charge in [-0.15, -0.1) is 0 Å². The number of aryl methyl sites for hydroxylation is 1. The van der Waals surface area contributed by atoms with Gasteiger partial charge >= 0.3 is 19.6 Å². The van der Waals surface area contributed by atoms with Crippen LogP contribution >= 0.6 is 7.60 Å². The molecule has 0 aliphatic carbocycles. The minimum Gasteiger partial charge on any atom is -0.480 e. The molecule has 8 amide bonds. The molecule has 5 heterocycles. The summed E-state index contributed by atoms with van der Waals surface area (Å²) in [4.78, 5) is 163. The van der Waals surface area contributed by atoms with Crippen LogP contribution in [-0.2, 0) is 41.5 Å². The molecule has 11 N–H and O–H groups in total. The van der Waals surface area contributed by atoms with Gasteiger partial charge in [0.15, 0.2) is 0 Å². The minimum absolute atomic E-state index is 0.0963. The number of benzene rings is 4. The number of fused-ring (bicyclic) bond motifs is 2. The molecule has 4 atom stereocenters. The van der Waals surface area contributed by atoms with Crippen molar-refractivity contribution < 1.29 is 62.6 Å². The molecular weight excluding hydrogens is 1180 g/mol. The van der Waals surface area contributed by atoms with Crippen LogP contribution in [0.1, 0.15) is 112 Å². The van der Waals surface area contributed by atoms with E-state index in [1.54, 1.807) is 30.6 Å². The number of rotatable bonds is 25. The van der Waals surface area contributed by atoms with Gasteiger partial charge in [-0.25, -0.2) is 4.79 Å². The number of aromatic nitrogens is 3. The van der Waals surface area contributed by atoms with Crippen LogP contribution in [0.2, 0.25) is 0 Å². The van der Waals surface area contributed by atoms with E-state index in [1.807, 2.05) is 72.8 Å². The highest BCUT2D eigenvalue weighted by molar-refractivity contribution is 7.70. The average Bonchev–Trinajstić information content (AvgIpc) is 1.69. The minimum atomic E-state index is -5.15. The predicted octanol–water partition coefficient (Wildman–Crippen LogP) is 5.38.